The molecule has 0 fully saturated rings. The number of nitrogens with zero attached hydrogens (tertiary/aromatic N) is 1. The third-order valence-corrected chi connectivity index (χ3v) is 7.74. The van der Waals surface area contributed by atoms with Crippen LogP contribution in [0.1, 0.15) is 37.0 Å². The molecule has 37 heavy (non-hydrogen) atoms. The monoisotopic (exact) mass is 560 g/mol. The van der Waals surface area contributed by atoms with Crippen molar-refractivity contribution in [2.75, 3.05) is 5.75 Å². The molecule has 0 radical (unpaired) electrons. The van der Waals surface area contributed by atoms with Crippen LogP contribution < -0.4 is 5.32 Å². The maximum atomic E-state index is 13.6. The molecule has 3 rings (SSSR count). The first-order valence-electron chi connectivity index (χ1n) is 12.2. The summed E-state index contributed by atoms with van der Waals surface area (Å²) in [5.41, 5.74) is 2.66. The summed E-state index contributed by atoms with van der Waals surface area (Å²) in [5.74, 6) is 0.0533. The van der Waals surface area contributed by atoms with Gasteiger partial charge in [0.1, 0.15) is 11.9 Å². The molecule has 0 bridgehead atoms. The van der Waals surface area contributed by atoms with Crippen molar-refractivity contribution >= 4 is 46.8 Å². The second kappa shape index (κ2) is 14.4. The summed E-state index contributed by atoms with van der Waals surface area (Å²) in [5, 5.41) is 3.87. The van der Waals surface area contributed by atoms with Gasteiger partial charge in [-0.2, -0.15) is 0 Å². The zero-order valence-corrected chi connectivity index (χ0v) is 23.3. The van der Waals surface area contributed by atoms with Gasteiger partial charge in [-0.1, -0.05) is 78.7 Å². The van der Waals surface area contributed by atoms with Crippen LogP contribution in [-0.2, 0) is 28.3 Å². The van der Waals surface area contributed by atoms with Crippen LogP contribution in [0.4, 0.5) is 4.39 Å². The smallest absolute Gasteiger partial charge is 0.243 e. The maximum Gasteiger partial charge on any atom is 0.243 e. The number of carbonyl (C=O) groups excluding carboxylic acids is 2. The molecule has 0 aliphatic heterocycles. The van der Waals surface area contributed by atoms with Crippen LogP contribution in [-0.4, -0.2) is 34.6 Å². The van der Waals surface area contributed by atoms with Gasteiger partial charge in [0.2, 0.25) is 11.8 Å². The third-order valence-electron chi connectivity index (χ3n) is 6.02. The average molecular weight is 562 g/mol. The lowest BCUT2D eigenvalue weighted by molar-refractivity contribution is -0.139. The third kappa shape index (κ3) is 9.06. The Labute approximate surface area is 232 Å². The lowest BCUT2D eigenvalue weighted by Crippen LogP contribution is -2.52. The fourth-order valence-corrected chi connectivity index (χ4v) is 4.94. The van der Waals surface area contributed by atoms with E-state index in [9.17, 15) is 14.0 Å². The summed E-state index contributed by atoms with van der Waals surface area (Å²) in [6, 6.07) is 20.4. The highest BCUT2D eigenvalue weighted by atomic mass is 35.5. The van der Waals surface area contributed by atoms with E-state index in [0.29, 0.717) is 22.2 Å². The molecule has 3 aromatic carbocycles. The summed E-state index contributed by atoms with van der Waals surface area (Å²) in [7, 11) is 0. The van der Waals surface area contributed by atoms with Crippen molar-refractivity contribution in [3.05, 3.63) is 105 Å². The molecule has 3 aromatic rings. The fourth-order valence-electron chi connectivity index (χ4n) is 3.75. The van der Waals surface area contributed by atoms with Crippen LogP contribution in [0.2, 0.25) is 10.0 Å². The Hall–Kier alpha value is -2.54. The molecule has 8 heteroatoms. The first-order valence-corrected chi connectivity index (χ1v) is 14.1. The molecular formula is C29H31Cl2FN2O2S. The van der Waals surface area contributed by atoms with Crippen LogP contribution >= 0.6 is 35.0 Å². The SMILES string of the molecule is CC[C@H](C)NC(=O)[C@H](Cc1ccccc1)N(Cc1ccc(Cl)c(Cl)c1)C(=O)CSCc1ccc(F)cc1. The van der Waals surface area contributed by atoms with E-state index in [2.05, 4.69) is 5.32 Å². The van der Waals surface area contributed by atoms with Gasteiger partial charge < -0.3 is 10.2 Å². The van der Waals surface area contributed by atoms with Gasteiger partial charge in [0, 0.05) is 24.8 Å². The maximum absolute atomic E-state index is 13.6. The standard InChI is InChI=1S/C29H31Cl2FN2O2S/c1-3-20(2)33-29(36)27(16-21-7-5-4-6-8-21)34(17-23-11-14-25(30)26(31)15-23)28(35)19-37-18-22-9-12-24(32)13-10-22/h4-15,20,27H,3,16-19H2,1-2H3,(H,33,36)/t20-,27-/m0/s1. The normalized spacial score (nSPS) is 12.6. The van der Waals surface area contributed by atoms with Crippen molar-refractivity contribution in [3.63, 3.8) is 0 Å². The second-order valence-corrected chi connectivity index (χ2v) is 10.7. The van der Waals surface area contributed by atoms with Crippen molar-refractivity contribution in [2.45, 2.75) is 51.1 Å². The molecule has 1 N–H and O–H groups in total. The van der Waals surface area contributed by atoms with Gasteiger partial charge in [-0.05, 0) is 54.3 Å². The summed E-state index contributed by atoms with van der Waals surface area (Å²) in [4.78, 5) is 28.8. The number of halogens is 3. The van der Waals surface area contributed by atoms with E-state index in [0.717, 1.165) is 23.1 Å². The molecule has 0 unspecified atom stereocenters. The molecule has 0 aromatic heterocycles. The summed E-state index contributed by atoms with van der Waals surface area (Å²) in [6.45, 7) is 4.15. The largest absolute Gasteiger partial charge is 0.352 e. The molecule has 0 saturated carbocycles. The minimum Gasteiger partial charge on any atom is -0.352 e. The van der Waals surface area contributed by atoms with Crippen LogP contribution in [0.25, 0.3) is 0 Å². The van der Waals surface area contributed by atoms with Crippen LogP contribution in [0.15, 0.2) is 72.8 Å². The van der Waals surface area contributed by atoms with Gasteiger partial charge in [-0.3, -0.25) is 9.59 Å². The van der Waals surface area contributed by atoms with Crippen molar-refractivity contribution in [2.24, 2.45) is 0 Å². The Bertz CT molecular complexity index is 1180. The molecular weight excluding hydrogens is 530 g/mol. The average Bonchev–Trinajstić information content (AvgIpc) is 2.89. The topological polar surface area (TPSA) is 49.4 Å². The molecule has 2 atom stereocenters. The van der Waals surface area contributed by atoms with Crippen molar-refractivity contribution in [1.82, 2.24) is 10.2 Å². The van der Waals surface area contributed by atoms with Crippen LogP contribution in [0, 0.1) is 5.82 Å². The highest BCUT2D eigenvalue weighted by Gasteiger charge is 2.31. The van der Waals surface area contributed by atoms with Crippen molar-refractivity contribution in [1.29, 1.82) is 0 Å². The minimum absolute atomic E-state index is 0.0273. The van der Waals surface area contributed by atoms with Gasteiger partial charge in [-0.15, -0.1) is 11.8 Å². The van der Waals surface area contributed by atoms with Crippen LogP contribution in [0.3, 0.4) is 0 Å². The Kier molecular flexibility index (Phi) is 11.3. The Morgan fingerprint density at radius 3 is 2.27 bits per heavy atom. The van der Waals surface area contributed by atoms with E-state index in [4.69, 9.17) is 23.2 Å². The number of hydrogen-bond acceptors (Lipinski definition) is 3. The van der Waals surface area contributed by atoms with E-state index >= 15 is 0 Å². The number of rotatable bonds is 12. The van der Waals surface area contributed by atoms with E-state index in [1.165, 1.54) is 23.9 Å². The number of hydrogen-bond donors (Lipinski definition) is 1. The molecule has 196 valence electrons. The molecule has 0 aliphatic carbocycles. The van der Waals surface area contributed by atoms with E-state index in [1.54, 1.807) is 29.2 Å². The highest BCUT2D eigenvalue weighted by molar-refractivity contribution is 7.99. The van der Waals surface area contributed by atoms with E-state index in [-0.39, 0.29) is 36.0 Å². The number of benzene rings is 3. The van der Waals surface area contributed by atoms with Gasteiger partial charge in [0.05, 0.1) is 15.8 Å². The van der Waals surface area contributed by atoms with E-state index in [1.807, 2.05) is 50.2 Å². The minimum atomic E-state index is -0.718. The quantitative estimate of drug-likeness (QED) is 0.261. The second-order valence-electron chi connectivity index (χ2n) is 8.91. The predicted octanol–water partition coefficient (Wildman–Crippen LogP) is 6.92. The summed E-state index contributed by atoms with van der Waals surface area (Å²) >= 11 is 13.8. The van der Waals surface area contributed by atoms with Crippen molar-refractivity contribution < 1.29 is 14.0 Å². The summed E-state index contributed by atoms with van der Waals surface area (Å²) in [6.07, 6.45) is 1.15. The number of carbonyl (C=O) groups is 2. The Morgan fingerprint density at radius 1 is 0.946 bits per heavy atom. The first-order chi connectivity index (χ1) is 17.8. The number of amides is 2. The lowest BCUT2D eigenvalue weighted by atomic mass is 10.0. The fraction of sp³-hybridized carbons (Fsp3) is 0.310. The molecule has 0 spiro atoms. The predicted molar refractivity (Wildman–Crippen MR) is 151 cm³/mol. The summed E-state index contributed by atoms with van der Waals surface area (Å²) < 4.78 is 13.2. The molecule has 4 nitrogen and oxygen atoms in total. The van der Waals surface area contributed by atoms with Gasteiger partial charge in [0.25, 0.3) is 0 Å². The molecule has 0 saturated heterocycles. The zero-order valence-electron chi connectivity index (χ0n) is 20.9. The molecule has 0 heterocycles. The highest BCUT2D eigenvalue weighted by Crippen LogP contribution is 2.25. The van der Waals surface area contributed by atoms with E-state index < -0.39 is 6.04 Å². The van der Waals surface area contributed by atoms with Gasteiger partial charge in [-0.25, -0.2) is 4.39 Å². The van der Waals surface area contributed by atoms with Gasteiger partial charge >= 0.3 is 0 Å². The Morgan fingerprint density at radius 2 is 1.62 bits per heavy atom. The molecule has 0 aliphatic rings. The lowest BCUT2D eigenvalue weighted by Gasteiger charge is -2.32. The Balaban J connectivity index is 1.87. The number of nitrogens with one attached hydrogen (secondary N) is 1. The zero-order chi connectivity index (χ0) is 26.8. The first kappa shape index (κ1) is 29.0. The molecule has 2 amide bonds. The van der Waals surface area contributed by atoms with Crippen LogP contribution in [0.5, 0.6) is 0 Å². The number of thioether (sulfide) groups is 1. The van der Waals surface area contributed by atoms with Gasteiger partial charge in [0.15, 0.2) is 0 Å². The van der Waals surface area contributed by atoms with Crippen molar-refractivity contribution in [3.8, 4) is 0 Å².